The Morgan fingerprint density at radius 2 is 2.08 bits per heavy atom. The molecule has 0 atom stereocenters. The first-order valence-electron chi connectivity index (χ1n) is 4.53. The zero-order chi connectivity index (χ0) is 9.36. The van der Waals surface area contributed by atoms with Crippen molar-refractivity contribution in [3.63, 3.8) is 0 Å². The van der Waals surface area contributed by atoms with Crippen LogP contribution >= 0.6 is 30.4 Å². The number of rotatable bonds is 6. The summed E-state index contributed by atoms with van der Waals surface area (Å²) in [5.41, 5.74) is 0. The molecule has 0 saturated carbocycles. The molecule has 0 aromatic carbocycles. The largest absolute Gasteiger partial charge is 0.381 e. The van der Waals surface area contributed by atoms with Crippen LogP contribution in [0.1, 0.15) is 19.3 Å². The Balaban J connectivity index is 1.86. The molecule has 1 saturated heterocycles. The van der Waals surface area contributed by atoms with Gasteiger partial charge in [0.25, 0.3) is 0 Å². The van der Waals surface area contributed by atoms with Crippen molar-refractivity contribution in [2.24, 2.45) is 0 Å². The van der Waals surface area contributed by atoms with Crippen LogP contribution in [0.2, 0.25) is 0 Å². The third-order valence-electron chi connectivity index (χ3n) is 1.94. The zero-order valence-electron chi connectivity index (χ0n) is 7.54. The predicted molar refractivity (Wildman–Crippen MR) is 62.0 cm³/mol. The molecule has 78 valence electrons. The summed E-state index contributed by atoms with van der Waals surface area (Å²) >= 11 is 2.12. The molecule has 0 amide bonds. The summed E-state index contributed by atoms with van der Waals surface area (Å²) in [4.78, 5) is 0. The average molecular weight is 318 g/mol. The van der Waals surface area contributed by atoms with Gasteiger partial charge in [0.15, 0.2) is 0 Å². The zero-order valence-corrected chi connectivity index (χ0v) is 10.5. The standard InChI is InChI=1S/C8H15IO3S/c9-13-12-5-1-4-11-8-2-6-10-7-3-8/h8H,1-7H2. The van der Waals surface area contributed by atoms with Crippen molar-refractivity contribution in [3.05, 3.63) is 0 Å². The van der Waals surface area contributed by atoms with Crippen LogP contribution in [0.3, 0.4) is 0 Å². The van der Waals surface area contributed by atoms with Gasteiger partial charge in [-0.2, -0.15) is 0 Å². The van der Waals surface area contributed by atoms with Gasteiger partial charge in [0.1, 0.15) is 0 Å². The fourth-order valence-corrected chi connectivity index (χ4v) is 1.96. The highest BCUT2D eigenvalue weighted by molar-refractivity contribution is 14.2. The van der Waals surface area contributed by atoms with Crippen LogP contribution in [0.15, 0.2) is 0 Å². The molecule has 3 nitrogen and oxygen atoms in total. The highest BCUT2D eigenvalue weighted by Gasteiger charge is 2.13. The molecule has 0 bridgehead atoms. The molecule has 0 radical (unpaired) electrons. The molecule has 0 spiro atoms. The Labute approximate surface area is 95.7 Å². The lowest BCUT2D eigenvalue weighted by atomic mass is 10.1. The summed E-state index contributed by atoms with van der Waals surface area (Å²) in [5, 5.41) is 0. The third kappa shape index (κ3) is 6.11. The molecule has 1 fully saturated rings. The molecule has 1 heterocycles. The first kappa shape index (κ1) is 12.0. The van der Waals surface area contributed by atoms with Gasteiger partial charge in [-0.05, 0) is 19.3 Å². The van der Waals surface area contributed by atoms with E-state index < -0.39 is 0 Å². The van der Waals surface area contributed by atoms with Gasteiger partial charge in [-0.15, -0.1) is 0 Å². The maximum absolute atomic E-state index is 5.66. The summed E-state index contributed by atoms with van der Waals surface area (Å²) in [7, 11) is 1.38. The van der Waals surface area contributed by atoms with Crippen molar-refractivity contribution >= 4 is 30.4 Å². The van der Waals surface area contributed by atoms with Gasteiger partial charge in [-0.3, -0.25) is 0 Å². The Bertz CT molecular complexity index is 120. The normalized spacial score (nSPS) is 19.2. The van der Waals surface area contributed by atoms with Crippen LogP contribution in [0.5, 0.6) is 0 Å². The third-order valence-corrected chi connectivity index (χ3v) is 2.96. The maximum atomic E-state index is 5.66. The first-order valence-corrected chi connectivity index (χ1v) is 7.81. The minimum atomic E-state index is 0.418. The number of halogens is 1. The predicted octanol–water partition coefficient (Wildman–Crippen LogP) is 2.59. The highest BCUT2D eigenvalue weighted by Crippen LogP contribution is 2.13. The quantitative estimate of drug-likeness (QED) is 0.427. The lowest BCUT2D eigenvalue weighted by Crippen LogP contribution is -2.23. The van der Waals surface area contributed by atoms with Gasteiger partial charge < -0.3 is 13.7 Å². The highest BCUT2D eigenvalue weighted by atomic mass is 127. The molecular weight excluding hydrogens is 303 g/mol. The Hall–Kier alpha value is 0.960. The van der Waals surface area contributed by atoms with Gasteiger partial charge in [0.2, 0.25) is 0 Å². The second kappa shape index (κ2) is 8.28. The summed E-state index contributed by atoms with van der Waals surface area (Å²) in [6.07, 6.45) is 3.48. The minimum absolute atomic E-state index is 0.418. The van der Waals surface area contributed by atoms with Gasteiger partial charge in [0.05, 0.1) is 21.9 Å². The minimum Gasteiger partial charge on any atom is -0.381 e. The van der Waals surface area contributed by atoms with Crippen molar-refractivity contribution in [1.29, 1.82) is 0 Å². The van der Waals surface area contributed by atoms with Crippen LogP contribution in [0, 0.1) is 0 Å². The average Bonchev–Trinajstić information content (AvgIpc) is 2.19. The fraction of sp³-hybridized carbons (Fsp3) is 1.00. The molecule has 1 aliphatic rings. The monoisotopic (exact) mass is 318 g/mol. The molecule has 0 N–H and O–H groups in total. The maximum Gasteiger partial charge on any atom is 0.0650 e. The van der Waals surface area contributed by atoms with Crippen LogP contribution in [-0.2, 0) is 13.7 Å². The second-order valence-electron chi connectivity index (χ2n) is 2.92. The van der Waals surface area contributed by atoms with Gasteiger partial charge in [-0.1, -0.05) is 0 Å². The summed E-state index contributed by atoms with van der Waals surface area (Å²) < 4.78 is 16.0. The summed E-state index contributed by atoms with van der Waals surface area (Å²) in [6, 6.07) is 0. The van der Waals surface area contributed by atoms with E-state index in [1.54, 1.807) is 0 Å². The second-order valence-corrected chi connectivity index (χ2v) is 4.36. The Morgan fingerprint density at radius 3 is 2.77 bits per heavy atom. The fourth-order valence-electron chi connectivity index (χ4n) is 1.24. The van der Waals surface area contributed by atoms with E-state index in [-0.39, 0.29) is 0 Å². The van der Waals surface area contributed by atoms with Gasteiger partial charge >= 0.3 is 0 Å². The van der Waals surface area contributed by atoms with Crippen molar-refractivity contribution < 1.29 is 13.7 Å². The molecule has 5 heteroatoms. The van der Waals surface area contributed by atoms with Crippen LogP contribution in [0.4, 0.5) is 0 Å². The summed E-state index contributed by atoms with van der Waals surface area (Å²) in [5.74, 6) is 0. The van der Waals surface area contributed by atoms with Crippen molar-refractivity contribution in [2.45, 2.75) is 25.4 Å². The van der Waals surface area contributed by atoms with Crippen LogP contribution < -0.4 is 0 Å². The molecule has 1 rings (SSSR count). The van der Waals surface area contributed by atoms with E-state index in [2.05, 4.69) is 21.2 Å². The molecule has 0 unspecified atom stereocenters. The van der Waals surface area contributed by atoms with E-state index in [4.69, 9.17) is 13.7 Å². The molecular formula is C8H15IO3S. The van der Waals surface area contributed by atoms with Crippen molar-refractivity contribution in [2.75, 3.05) is 26.4 Å². The van der Waals surface area contributed by atoms with Gasteiger partial charge in [-0.25, -0.2) is 0 Å². The molecule has 0 aromatic heterocycles. The Morgan fingerprint density at radius 1 is 1.31 bits per heavy atom. The molecule has 0 aliphatic carbocycles. The lowest BCUT2D eigenvalue weighted by Gasteiger charge is -2.22. The lowest BCUT2D eigenvalue weighted by molar-refractivity contribution is -0.0338. The SMILES string of the molecule is ISOCCCOC1CCOCC1. The smallest absolute Gasteiger partial charge is 0.0650 e. The molecule has 0 aromatic rings. The van der Waals surface area contributed by atoms with Gasteiger partial charge in [0, 0.05) is 41.0 Å². The Kier molecular flexibility index (Phi) is 7.67. The molecule has 1 aliphatic heterocycles. The number of hydrogen-bond donors (Lipinski definition) is 0. The first-order chi connectivity index (χ1) is 6.43. The van der Waals surface area contributed by atoms with E-state index in [9.17, 15) is 0 Å². The van der Waals surface area contributed by atoms with Crippen molar-refractivity contribution in [3.8, 4) is 0 Å². The van der Waals surface area contributed by atoms with E-state index in [1.807, 2.05) is 0 Å². The van der Waals surface area contributed by atoms with Crippen LogP contribution in [-0.4, -0.2) is 32.5 Å². The van der Waals surface area contributed by atoms with Crippen LogP contribution in [0.25, 0.3) is 0 Å². The number of hydrogen-bond acceptors (Lipinski definition) is 4. The van der Waals surface area contributed by atoms with E-state index >= 15 is 0 Å². The number of ether oxygens (including phenoxy) is 2. The molecule has 13 heavy (non-hydrogen) atoms. The topological polar surface area (TPSA) is 27.7 Å². The van der Waals surface area contributed by atoms with Crippen molar-refractivity contribution in [1.82, 2.24) is 0 Å². The van der Waals surface area contributed by atoms with E-state index in [1.165, 1.54) is 9.21 Å². The van der Waals surface area contributed by atoms with E-state index in [0.29, 0.717) is 6.10 Å². The summed E-state index contributed by atoms with van der Waals surface area (Å²) in [6.45, 7) is 3.29. The van der Waals surface area contributed by atoms with E-state index in [0.717, 1.165) is 45.7 Å².